The second-order valence-electron chi connectivity index (χ2n) is 4.70. The Balaban J connectivity index is 1.88. The van der Waals surface area contributed by atoms with E-state index in [4.69, 9.17) is 5.11 Å². The van der Waals surface area contributed by atoms with Crippen molar-refractivity contribution in [3.05, 3.63) is 57.5 Å². The normalized spacial score (nSPS) is 12.6. The van der Waals surface area contributed by atoms with Gasteiger partial charge < -0.3 is 10.4 Å². The third kappa shape index (κ3) is 4.13. The summed E-state index contributed by atoms with van der Waals surface area (Å²) in [4.78, 5) is 0. The highest BCUT2D eigenvalue weighted by atomic mass is 32.1. The van der Waals surface area contributed by atoms with Crippen molar-refractivity contribution in [2.75, 3.05) is 0 Å². The monoisotopic (exact) mass is 279 g/mol. The van der Waals surface area contributed by atoms with Crippen LogP contribution in [0.1, 0.15) is 23.6 Å². The van der Waals surface area contributed by atoms with Gasteiger partial charge in [-0.2, -0.15) is 11.3 Å². The van der Waals surface area contributed by atoms with Crippen LogP contribution in [-0.2, 0) is 19.6 Å². The highest BCUT2D eigenvalue weighted by Crippen LogP contribution is 2.12. The fraction of sp³-hybridized carbons (Fsp3) is 0.333. The zero-order chi connectivity index (χ0) is 13.7. The highest BCUT2D eigenvalue weighted by Gasteiger charge is 2.06. The van der Waals surface area contributed by atoms with E-state index in [2.05, 4.69) is 29.1 Å². The minimum absolute atomic E-state index is 0.260. The quantitative estimate of drug-likeness (QED) is 0.851. The molecule has 0 spiro atoms. The molecule has 1 aromatic carbocycles. The molecule has 0 fully saturated rings. The predicted molar refractivity (Wildman–Crippen MR) is 76.6 cm³/mol. The third-order valence-corrected chi connectivity index (χ3v) is 3.79. The van der Waals surface area contributed by atoms with Gasteiger partial charge in [0, 0.05) is 18.2 Å². The van der Waals surface area contributed by atoms with Crippen LogP contribution in [0.25, 0.3) is 0 Å². The summed E-state index contributed by atoms with van der Waals surface area (Å²) in [6, 6.07) is 7.35. The molecule has 0 saturated carbocycles. The Bertz CT molecular complexity index is 513. The van der Waals surface area contributed by atoms with E-state index in [1.165, 1.54) is 11.6 Å². The van der Waals surface area contributed by atoms with E-state index < -0.39 is 0 Å². The zero-order valence-corrected chi connectivity index (χ0v) is 11.7. The summed E-state index contributed by atoms with van der Waals surface area (Å²) >= 11 is 1.71. The summed E-state index contributed by atoms with van der Waals surface area (Å²) in [6.45, 7) is 2.55. The molecule has 0 saturated heterocycles. The van der Waals surface area contributed by atoms with Crippen molar-refractivity contribution < 1.29 is 9.50 Å². The summed E-state index contributed by atoms with van der Waals surface area (Å²) in [5, 5.41) is 16.7. The van der Waals surface area contributed by atoms with Gasteiger partial charge >= 0.3 is 0 Å². The molecule has 0 aliphatic rings. The first-order valence-electron chi connectivity index (χ1n) is 6.31. The van der Waals surface area contributed by atoms with E-state index >= 15 is 0 Å². The molecule has 1 aromatic heterocycles. The Morgan fingerprint density at radius 1 is 1.32 bits per heavy atom. The van der Waals surface area contributed by atoms with Crippen molar-refractivity contribution in [2.45, 2.75) is 32.5 Å². The predicted octanol–water partition coefficient (Wildman–Crippen LogP) is 3.10. The van der Waals surface area contributed by atoms with Crippen LogP contribution in [0.3, 0.4) is 0 Å². The number of rotatable bonds is 6. The third-order valence-electron chi connectivity index (χ3n) is 3.06. The van der Waals surface area contributed by atoms with E-state index in [1.807, 2.05) is 0 Å². The Morgan fingerprint density at radius 2 is 2.16 bits per heavy atom. The first-order valence-corrected chi connectivity index (χ1v) is 7.26. The summed E-state index contributed by atoms with van der Waals surface area (Å²) in [5.74, 6) is -0.349. The lowest BCUT2D eigenvalue weighted by molar-refractivity contribution is 0.275. The molecule has 0 aliphatic heterocycles. The maximum absolute atomic E-state index is 13.2. The SMILES string of the molecule is CC(Cc1ccsc1)NCc1ccc(F)c(CO)c1. The highest BCUT2D eigenvalue weighted by molar-refractivity contribution is 7.07. The Morgan fingerprint density at radius 3 is 2.84 bits per heavy atom. The van der Waals surface area contributed by atoms with Crippen LogP contribution in [-0.4, -0.2) is 11.1 Å². The minimum Gasteiger partial charge on any atom is -0.392 e. The average Bonchev–Trinajstić information content (AvgIpc) is 2.90. The standard InChI is InChI=1S/C15H18FNOS/c1-11(6-13-4-5-19-10-13)17-8-12-2-3-15(16)14(7-12)9-18/h2-5,7,10-11,17-18H,6,8-9H2,1H3. The first-order chi connectivity index (χ1) is 9.19. The van der Waals surface area contributed by atoms with Crippen molar-refractivity contribution in [1.29, 1.82) is 0 Å². The van der Waals surface area contributed by atoms with Gasteiger partial charge in [0.05, 0.1) is 6.61 Å². The van der Waals surface area contributed by atoms with Gasteiger partial charge in [0.2, 0.25) is 0 Å². The van der Waals surface area contributed by atoms with E-state index in [0.717, 1.165) is 12.0 Å². The van der Waals surface area contributed by atoms with E-state index in [1.54, 1.807) is 23.5 Å². The number of aliphatic hydroxyl groups is 1. The Labute approximate surface area is 116 Å². The van der Waals surface area contributed by atoms with Gasteiger partial charge in [0.15, 0.2) is 0 Å². The molecule has 1 heterocycles. The number of hydrogen-bond donors (Lipinski definition) is 2. The van der Waals surface area contributed by atoms with Gasteiger partial charge in [0.25, 0.3) is 0 Å². The van der Waals surface area contributed by atoms with Gasteiger partial charge in [-0.1, -0.05) is 6.07 Å². The number of benzene rings is 1. The molecule has 19 heavy (non-hydrogen) atoms. The molecule has 2 aromatic rings. The number of thiophene rings is 1. The van der Waals surface area contributed by atoms with Crippen LogP contribution < -0.4 is 5.32 Å². The van der Waals surface area contributed by atoms with Crippen molar-refractivity contribution >= 4 is 11.3 Å². The lowest BCUT2D eigenvalue weighted by Crippen LogP contribution is -2.27. The molecule has 0 aliphatic carbocycles. The summed E-state index contributed by atoms with van der Waals surface area (Å²) in [5.41, 5.74) is 2.67. The van der Waals surface area contributed by atoms with Crippen LogP contribution >= 0.6 is 11.3 Å². The first kappa shape index (κ1) is 14.2. The summed E-state index contributed by atoms with van der Waals surface area (Å²) < 4.78 is 13.2. The van der Waals surface area contributed by atoms with Crippen molar-refractivity contribution in [3.63, 3.8) is 0 Å². The number of nitrogens with one attached hydrogen (secondary N) is 1. The van der Waals surface area contributed by atoms with Crippen molar-refractivity contribution in [2.24, 2.45) is 0 Å². The molecule has 1 unspecified atom stereocenters. The van der Waals surface area contributed by atoms with Crippen LogP contribution in [0.5, 0.6) is 0 Å². The number of halogens is 1. The largest absolute Gasteiger partial charge is 0.392 e. The van der Waals surface area contributed by atoms with Crippen molar-refractivity contribution in [1.82, 2.24) is 5.32 Å². The molecule has 102 valence electrons. The van der Waals surface area contributed by atoms with Crippen molar-refractivity contribution in [3.8, 4) is 0 Å². The van der Waals surface area contributed by atoms with E-state index in [9.17, 15) is 4.39 Å². The molecule has 0 bridgehead atoms. The molecule has 0 radical (unpaired) electrons. The minimum atomic E-state index is -0.349. The van der Waals surface area contributed by atoms with E-state index in [0.29, 0.717) is 18.2 Å². The van der Waals surface area contributed by atoms with Crippen LogP contribution in [0.2, 0.25) is 0 Å². The zero-order valence-electron chi connectivity index (χ0n) is 10.9. The van der Waals surface area contributed by atoms with Crippen LogP contribution in [0.15, 0.2) is 35.0 Å². The lowest BCUT2D eigenvalue weighted by Gasteiger charge is -2.13. The maximum atomic E-state index is 13.2. The molecular formula is C15H18FNOS. The summed E-state index contributed by atoms with van der Waals surface area (Å²) in [7, 11) is 0. The number of hydrogen-bond acceptors (Lipinski definition) is 3. The molecule has 2 N–H and O–H groups in total. The molecular weight excluding hydrogens is 261 g/mol. The fourth-order valence-corrected chi connectivity index (χ4v) is 2.67. The molecule has 2 rings (SSSR count). The van der Waals surface area contributed by atoms with Gasteiger partial charge in [-0.25, -0.2) is 4.39 Å². The molecule has 4 heteroatoms. The smallest absolute Gasteiger partial charge is 0.128 e. The fourth-order valence-electron chi connectivity index (χ4n) is 1.99. The van der Waals surface area contributed by atoms with Crippen LogP contribution in [0, 0.1) is 5.82 Å². The molecule has 2 nitrogen and oxygen atoms in total. The topological polar surface area (TPSA) is 32.3 Å². The van der Waals surface area contributed by atoms with Gasteiger partial charge in [-0.3, -0.25) is 0 Å². The maximum Gasteiger partial charge on any atom is 0.128 e. The second kappa shape index (κ2) is 6.80. The Kier molecular flexibility index (Phi) is 5.07. The molecule has 1 atom stereocenters. The molecule has 0 amide bonds. The van der Waals surface area contributed by atoms with Gasteiger partial charge in [0.1, 0.15) is 5.82 Å². The Hall–Kier alpha value is -1.23. The van der Waals surface area contributed by atoms with Crippen LogP contribution in [0.4, 0.5) is 4.39 Å². The van der Waals surface area contributed by atoms with Gasteiger partial charge in [-0.05, 0) is 53.4 Å². The van der Waals surface area contributed by atoms with Gasteiger partial charge in [-0.15, -0.1) is 0 Å². The lowest BCUT2D eigenvalue weighted by atomic mass is 10.1. The van der Waals surface area contributed by atoms with E-state index in [-0.39, 0.29) is 12.4 Å². The average molecular weight is 279 g/mol. The second-order valence-corrected chi connectivity index (χ2v) is 5.48. The summed E-state index contributed by atoms with van der Waals surface area (Å²) in [6.07, 6.45) is 0.984. The number of aliphatic hydroxyl groups excluding tert-OH is 1.